The van der Waals surface area contributed by atoms with Gasteiger partial charge in [-0.15, -0.1) is 0 Å². The summed E-state index contributed by atoms with van der Waals surface area (Å²) >= 11 is 0. The van der Waals surface area contributed by atoms with Gasteiger partial charge in [-0.2, -0.15) is 0 Å². The zero-order valence-corrected chi connectivity index (χ0v) is 48.1. The summed E-state index contributed by atoms with van der Waals surface area (Å²) in [6, 6.07) is 27.8. The highest BCUT2D eigenvalue weighted by atomic mass is 19.2. The molecule has 0 unspecified atom stereocenters. The number of hydrogen-bond donors (Lipinski definition) is 3. The molecule has 0 amide bonds. The summed E-state index contributed by atoms with van der Waals surface area (Å²) in [6.45, 7) is 23.3. The Balaban J connectivity index is 0.00000416. The summed E-state index contributed by atoms with van der Waals surface area (Å²) in [7, 11) is -1.10. The molecule has 1 spiro atoms. The smallest absolute Gasteiger partial charge is 0.490 e. The van der Waals surface area contributed by atoms with Gasteiger partial charge in [-0.05, 0) is 136 Å². The largest absolute Gasteiger partial charge is 0.677 e. The summed E-state index contributed by atoms with van der Waals surface area (Å²) in [5.41, 5.74) is 19.1. The number of benzene rings is 4. The van der Waals surface area contributed by atoms with Gasteiger partial charge in [-0.3, -0.25) is 8.63 Å². The Morgan fingerprint density at radius 3 is 1.99 bits per heavy atom. The number of anilines is 4. The van der Waals surface area contributed by atoms with Gasteiger partial charge in [0, 0.05) is 54.3 Å². The van der Waals surface area contributed by atoms with Crippen LogP contribution >= 0.6 is 0 Å². The van der Waals surface area contributed by atoms with Crippen LogP contribution in [0, 0.1) is 33.1 Å². The van der Waals surface area contributed by atoms with Crippen molar-refractivity contribution in [3.63, 3.8) is 0 Å². The molecule has 0 aliphatic carbocycles. The quantitative estimate of drug-likeness (QED) is 0.0257. The summed E-state index contributed by atoms with van der Waals surface area (Å²) in [5, 5.41) is 11.5. The van der Waals surface area contributed by atoms with Gasteiger partial charge in [0.05, 0.1) is 75.4 Å². The molecular formula is C62H78BF2N7O8. The van der Waals surface area contributed by atoms with Gasteiger partial charge in [-0.25, -0.2) is 0 Å². The minimum absolute atomic E-state index is 0.302. The van der Waals surface area contributed by atoms with Crippen molar-refractivity contribution in [1.82, 2.24) is 4.48 Å². The maximum Gasteiger partial charge on any atom is 0.677 e. The van der Waals surface area contributed by atoms with Crippen molar-refractivity contribution >= 4 is 47.1 Å². The van der Waals surface area contributed by atoms with Crippen LogP contribution < -0.4 is 40.0 Å². The Kier molecular flexibility index (Phi) is 19.6. The molecule has 3 fully saturated rings. The lowest BCUT2D eigenvalue weighted by atomic mass is 9.90. The van der Waals surface area contributed by atoms with Crippen molar-refractivity contribution in [2.24, 2.45) is 5.73 Å². The molecule has 80 heavy (non-hydrogen) atoms. The number of nitrogens with zero attached hydrogens (tertiary/aromatic N) is 4. The Labute approximate surface area is 471 Å². The van der Waals surface area contributed by atoms with Gasteiger partial charge >= 0.3 is 13.3 Å². The number of nitrogens with one attached hydrogen (secondary N) is 2. The highest BCUT2D eigenvalue weighted by molar-refractivity contribution is 6.41. The van der Waals surface area contributed by atoms with E-state index >= 15 is 0 Å². The van der Waals surface area contributed by atoms with Crippen molar-refractivity contribution in [3.8, 4) is 17.2 Å². The van der Waals surface area contributed by atoms with Crippen molar-refractivity contribution in [3.05, 3.63) is 159 Å². The van der Waals surface area contributed by atoms with E-state index in [1.807, 2.05) is 77.1 Å². The van der Waals surface area contributed by atoms with E-state index in [1.54, 1.807) is 39.3 Å². The van der Waals surface area contributed by atoms with Crippen molar-refractivity contribution in [2.45, 2.75) is 67.9 Å². The fraction of sp³-hybridized carbons (Fsp3) is 0.403. The third-order valence-electron chi connectivity index (χ3n) is 14.4. The number of fused-ring (bicyclic) bond motifs is 14. The molecule has 0 atom stereocenters. The molecule has 10 rings (SSSR count). The molecule has 426 valence electrons. The highest BCUT2D eigenvalue weighted by Gasteiger charge is 2.54. The fourth-order valence-corrected chi connectivity index (χ4v) is 10.2. The standard InChI is InChI=1S/C60H72BF2N7O8.C2H6/c1-39-9-16-51-54(29-39)74-21-19-67(20-22-75-55-30-40(2)10-17-52(55)69-36-60(69)37-72-24-27-77-59(53-35-68(51)53)78-28-25-73-38-60)50-18-15-48(33-56(50)76-26-23-71-8)66-34-49(65)46-11-13-47(14-12-46)57(45(7)41(3)31-43(5)64)58-42(4)32-44(6)70(58)61(62)63;1-2/h9-18,29-34,64,66H,19-28,35-38,65H2,1-8H3;1-2H3/b41-31-,49-34-,57-45+,59-53?,64-43?;. The Hall–Kier alpha value is -7.41. The van der Waals surface area contributed by atoms with Crippen LogP contribution in [-0.2, 0) is 23.7 Å². The monoisotopic (exact) mass is 1100 g/mol. The number of aromatic nitrogens is 1. The predicted molar refractivity (Wildman–Crippen MR) is 317 cm³/mol. The van der Waals surface area contributed by atoms with Gasteiger partial charge in [0.25, 0.3) is 0 Å². The van der Waals surface area contributed by atoms with Crippen LogP contribution in [0.5, 0.6) is 17.2 Å². The molecule has 2 bridgehead atoms. The molecule has 6 heterocycles. The van der Waals surface area contributed by atoms with Gasteiger partial charge < -0.3 is 73.5 Å². The van der Waals surface area contributed by atoms with Crippen LogP contribution in [-0.4, -0.2) is 122 Å². The first kappa shape index (κ1) is 58.7. The number of allylic oxidation sites excluding steroid dienone is 3. The Morgan fingerprint density at radius 2 is 1.36 bits per heavy atom. The van der Waals surface area contributed by atoms with Crippen LogP contribution in [0.3, 0.4) is 0 Å². The number of methoxy groups -OCH3 is 1. The lowest BCUT2D eigenvalue weighted by molar-refractivity contribution is -0.0361. The number of hydrogen-bond acceptors (Lipinski definition) is 14. The molecular weight excluding hydrogens is 1020 g/mol. The summed E-state index contributed by atoms with van der Waals surface area (Å²) in [6.07, 6.45) is 3.48. The number of halogens is 2. The number of rotatable bonds is 13. The Morgan fingerprint density at radius 1 is 0.750 bits per heavy atom. The molecule has 0 radical (unpaired) electrons. The molecule has 1 aromatic heterocycles. The average Bonchev–Trinajstić information content (AvgIpc) is 4.39. The van der Waals surface area contributed by atoms with Crippen molar-refractivity contribution in [1.29, 1.82) is 5.41 Å². The first-order valence-corrected chi connectivity index (χ1v) is 27.6. The van der Waals surface area contributed by atoms with E-state index in [-0.39, 0.29) is 5.54 Å². The SMILES string of the molecule is CC.COCCOc1cc(N/C=C(\N)c2ccc(/C(=C(C)\C(C)=C/C(C)=N)c3c(C)cc(C)n3B(F)F)cc2)ccc1N1CCOc2cc(C)ccc2N2CC2=C2OCCOCC3(COCCO2)CN3c2ccc(C)cc2OCC1. The van der Waals surface area contributed by atoms with E-state index in [0.717, 1.165) is 89.9 Å². The molecule has 5 aromatic rings. The maximum atomic E-state index is 14.6. The van der Waals surface area contributed by atoms with E-state index < -0.39 is 7.40 Å². The first-order chi connectivity index (χ1) is 38.6. The van der Waals surface area contributed by atoms with Crippen LogP contribution in [0.25, 0.3) is 11.3 Å². The summed E-state index contributed by atoms with van der Waals surface area (Å²) in [5.74, 6) is 2.61. The van der Waals surface area contributed by atoms with Gasteiger partial charge in [-0.1, -0.05) is 50.2 Å². The minimum Gasteiger partial charge on any atom is -0.490 e. The molecule has 18 heteroatoms. The number of ether oxygens (including phenoxy) is 8. The minimum atomic E-state index is -2.74. The number of nitrogens with two attached hydrogens (primary N) is 1. The van der Waals surface area contributed by atoms with Crippen LogP contribution in [0.4, 0.5) is 31.4 Å². The topological polar surface area (TPSA) is 150 Å². The molecule has 15 nitrogen and oxygen atoms in total. The summed E-state index contributed by atoms with van der Waals surface area (Å²) < 4.78 is 80.7. The van der Waals surface area contributed by atoms with Crippen LogP contribution in [0.2, 0.25) is 0 Å². The van der Waals surface area contributed by atoms with E-state index in [9.17, 15) is 8.63 Å². The van der Waals surface area contributed by atoms with Crippen LogP contribution in [0.1, 0.15) is 73.8 Å². The lowest BCUT2D eigenvalue weighted by Crippen LogP contribution is -2.33. The molecule has 3 saturated heterocycles. The van der Waals surface area contributed by atoms with Crippen molar-refractivity contribution in [2.75, 3.05) is 119 Å². The first-order valence-electron chi connectivity index (χ1n) is 27.6. The Bertz CT molecular complexity index is 3100. The van der Waals surface area contributed by atoms with E-state index in [2.05, 4.69) is 70.3 Å². The third-order valence-corrected chi connectivity index (χ3v) is 14.4. The maximum absolute atomic E-state index is 14.6. The predicted octanol–water partition coefficient (Wildman–Crippen LogP) is 11.3. The zero-order valence-electron chi connectivity index (χ0n) is 48.1. The zero-order chi connectivity index (χ0) is 57.1. The third kappa shape index (κ3) is 13.9. The molecule has 0 saturated carbocycles. The molecule has 5 aliphatic rings. The van der Waals surface area contributed by atoms with E-state index in [1.165, 1.54) is 0 Å². The van der Waals surface area contributed by atoms with Crippen LogP contribution in [0.15, 0.2) is 120 Å². The number of aryl methyl sites for hydroxylation is 4. The second-order valence-corrected chi connectivity index (χ2v) is 20.4. The molecule has 4 aromatic carbocycles. The van der Waals surface area contributed by atoms with E-state index in [0.29, 0.717) is 126 Å². The second kappa shape index (κ2) is 26.7. The van der Waals surface area contributed by atoms with Gasteiger partial charge in [0.2, 0.25) is 0 Å². The fourth-order valence-electron chi connectivity index (χ4n) is 10.2. The molecule has 4 N–H and O–H groups in total. The van der Waals surface area contributed by atoms with Crippen molar-refractivity contribution < 1.29 is 46.5 Å². The lowest BCUT2D eigenvalue weighted by Gasteiger charge is -2.28. The second-order valence-electron chi connectivity index (χ2n) is 20.4. The average molecular weight is 1100 g/mol. The van der Waals surface area contributed by atoms with Gasteiger partial charge in [0.1, 0.15) is 61.5 Å². The normalized spacial score (nSPS) is 18.2. The highest BCUT2D eigenvalue weighted by Crippen LogP contribution is 2.45. The summed E-state index contributed by atoms with van der Waals surface area (Å²) in [4.78, 5) is 6.66. The molecule has 5 aliphatic heterocycles. The van der Waals surface area contributed by atoms with Gasteiger partial charge in [0.15, 0.2) is 0 Å². The van der Waals surface area contributed by atoms with E-state index in [4.69, 9.17) is 49.0 Å².